The summed E-state index contributed by atoms with van der Waals surface area (Å²) in [5, 5.41) is 0. The van der Waals surface area contributed by atoms with E-state index in [1.54, 1.807) is 0 Å². The van der Waals surface area contributed by atoms with Crippen LogP contribution in [0.5, 0.6) is 0 Å². The van der Waals surface area contributed by atoms with Crippen molar-refractivity contribution in [2.45, 2.75) is 64.7 Å². The second kappa shape index (κ2) is 9.37. The third-order valence-corrected chi connectivity index (χ3v) is 3.91. The summed E-state index contributed by atoms with van der Waals surface area (Å²) in [6.07, 6.45) is 10.2. The number of hydrogen-bond donors (Lipinski definition) is 1. The Morgan fingerprint density at radius 1 is 1.28 bits per heavy atom. The first kappa shape index (κ1) is 15.5. The number of piperidine rings is 1. The lowest BCUT2D eigenvalue weighted by Gasteiger charge is -2.32. The van der Waals surface area contributed by atoms with Crippen LogP contribution in [0.15, 0.2) is 0 Å². The zero-order chi connectivity index (χ0) is 13.2. The number of nitrogens with zero attached hydrogens (tertiary/aromatic N) is 1. The van der Waals surface area contributed by atoms with Gasteiger partial charge in [0.2, 0.25) is 5.91 Å². The quantitative estimate of drug-likeness (QED) is 0.677. The normalized spacial score (nSPS) is 20.1. The van der Waals surface area contributed by atoms with Crippen molar-refractivity contribution in [3.63, 3.8) is 0 Å². The third-order valence-electron chi connectivity index (χ3n) is 3.91. The molecular formula is C15H30N2O. The highest BCUT2D eigenvalue weighted by Gasteiger charge is 2.22. The highest BCUT2D eigenvalue weighted by atomic mass is 16.2. The van der Waals surface area contributed by atoms with E-state index in [4.69, 9.17) is 5.73 Å². The Balaban J connectivity index is 2.16. The molecule has 0 aromatic heterocycles. The van der Waals surface area contributed by atoms with E-state index >= 15 is 0 Å². The van der Waals surface area contributed by atoms with Crippen molar-refractivity contribution in [3.05, 3.63) is 0 Å². The van der Waals surface area contributed by atoms with E-state index in [9.17, 15) is 4.79 Å². The molecule has 0 aromatic carbocycles. The van der Waals surface area contributed by atoms with Gasteiger partial charge >= 0.3 is 0 Å². The van der Waals surface area contributed by atoms with Crippen LogP contribution >= 0.6 is 0 Å². The van der Waals surface area contributed by atoms with Gasteiger partial charge in [0.05, 0.1) is 0 Å². The van der Waals surface area contributed by atoms with Crippen LogP contribution in [0.1, 0.15) is 64.7 Å². The monoisotopic (exact) mass is 254 g/mol. The first-order valence-electron chi connectivity index (χ1n) is 7.75. The molecule has 1 amide bonds. The van der Waals surface area contributed by atoms with Gasteiger partial charge in [0.1, 0.15) is 0 Å². The fourth-order valence-corrected chi connectivity index (χ4v) is 2.87. The summed E-state index contributed by atoms with van der Waals surface area (Å²) < 4.78 is 0. The third kappa shape index (κ3) is 5.85. The predicted octanol–water partition coefficient (Wildman–Crippen LogP) is 2.93. The van der Waals surface area contributed by atoms with Crippen molar-refractivity contribution in [3.8, 4) is 0 Å². The van der Waals surface area contributed by atoms with E-state index in [-0.39, 0.29) is 0 Å². The molecule has 3 heteroatoms. The van der Waals surface area contributed by atoms with Gasteiger partial charge in [-0.2, -0.15) is 0 Å². The molecule has 1 aliphatic heterocycles. The Kier molecular flexibility index (Phi) is 8.06. The van der Waals surface area contributed by atoms with E-state index in [1.165, 1.54) is 32.1 Å². The molecule has 3 nitrogen and oxygen atoms in total. The Bertz CT molecular complexity index is 229. The molecular weight excluding hydrogens is 224 g/mol. The summed E-state index contributed by atoms with van der Waals surface area (Å²) in [7, 11) is 0. The van der Waals surface area contributed by atoms with E-state index < -0.39 is 0 Å². The van der Waals surface area contributed by atoms with Gasteiger partial charge in [-0.3, -0.25) is 4.79 Å². The van der Waals surface area contributed by atoms with E-state index in [1.807, 2.05) is 0 Å². The van der Waals surface area contributed by atoms with Gasteiger partial charge < -0.3 is 10.6 Å². The molecule has 1 atom stereocenters. The molecule has 0 aliphatic carbocycles. The Morgan fingerprint density at radius 2 is 2.06 bits per heavy atom. The van der Waals surface area contributed by atoms with E-state index in [0.717, 1.165) is 51.2 Å². The zero-order valence-corrected chi connectivity index (χ0v) is 12.0. The Morgan fingerprint density at radius 3 is 2.78 bits per heavy atom. The van der Waals surface area contributed by atoms with Crippen LogP contribution in [0, 0.1) is 5.92 Å². The highest BCUT2D eigenvalue weighted by molar-refractivity contribution is 5.76. The molecule has 18 heavy (non-hydrogen) atoms. The van der Waals surface area contributed by atoms with Crippen molar-refractivity contribution in [2.24, 2.45) is 11.7 Å². The minimum atomic E-state index is 0.378. The lowest BCUT2D eigenvalue weighted by molar-refractivity contribution is -0.133. The molecule has 0 saturated carbocycles. The summed E-state index contributed by atoms with van der Waals surface area (Å²) in [5.74, 6) is 1.13. The number of nitrogens with two attached hydrogens (primary N) is 1. The molecule has 1 unspecified atom stereocenters. The van der Waals surface area contributed by atoms with Crippen LogP contribution < -0.4 is 5.73 Å². The predicted molar refractivity (Wildman–Crippen MR) is 76.4 cm³/mol. The molecule has 0 bridgehead atoms. The highest BCUT2D eigenvalue weighted by Crippen LogP contribution is 2.21. The minimum Gasteiger partial charge on any atom is -0.342 e. The summed E-state index contributed by atoms with van der Waals surface area (Å²) in [6, 6.07) is 0. The summed E-state index contributed by atoms with van der Waals surface area (Å²) in [5.41, 5.74) is 5.46. The molecule has 106 valence electrons. The van der Waals surface area contributed by atoms with E-state index in [0.29, 0.717) is 5.91 Å². The van der Waals surface area contributed by atoms with Crippen molar-refractivity contribution < 1.29 is 4.79 Å². The van der Waals surface area contributed by atoms with Crippen LogP contribution in [0.25, 0.3) is 0 Å². The number of amides is 1. The van der Waals surface area contributed by atoms with Gasteiger partial charge in [-0.15, -0.1) is 0 Å². The average molecular weight is 254 g/mol. The van der Waals surface area contributed by atoms with Crippen molar-refractivity contribution in [1.29, 1.82) is 0 Å². The van der Waals surface area contributed by atoms with Gasteiger partial charge in [-0.1, -0.05) is 26.2 Å². The maximum atomic E-state index is 12.1. The Hall–Kier alpha value is -0.570. The maximum absolute atomic E-state index is 12.1. The van der Waals surface area contributed by atoms with Gasteiger partial charge in [0.25, 0.3) is 0 Å². The van der Waals surface area contributed by atoms with Crippen LogP contribution in [0.2, 0.25) is 0 Å². The first-order chi connectivity index (χ1) is 8.77. The molecule has 0 radical (unpaired) electrons. The zero-order valence-electron chi connectivity index (χ0n) is 12.0. The first-order valence-corrected chi connectivity index (χ1v) is 7.75. The SMILES string of the molecule is CCCC1CCCN(C(=O)CCCCCCN)C1. The second-order valence-electron chi connectivity index (χ2n) is 5.59. The van der Waals surface area contributed by atoms with Crippen LogP contribution in [0.3, 0.4) is 0 Å². The number of hydrogen-bond acceptors (Lipinski definition) is 2. The fraction of sp³-hybridized carbons (Fsp3) is 0.933. The number of carbonyl (C=O) groups excluding carboxylic acids is 1. The second-order valence-corrected chi connectivity index (χ2v) is 5.59. The standard InChI is InChI=1S/C15H30N2O/c1-2-8-14-9-7-12-17(13-14)15(18)10-5-3-4-6-11-16/h14H,2-13,16H2,1H3. The topological polar surface area (TPSA) is 46.3 Å². The largest absolute Gasteiger partial charge is 0.342 e. The van der Waals surface area contributed by atoms with Gasteiger partial charge in [0.15, 0.2) is 0 Å². The van der Waals surface area contributed by atoms with Gasteiger partial charge in [0, 0.05) is 19.5 Å². The molecule has 1 saturated heterocycles. The van der Waals surface area contributed by atoms with Crippen molar-refractivity contribution >= 4 is 5.91 Å². The lowest BCUT2D eigenvalue weighted by atomic mass is 9.93. The van der Waals surface area contributed by atoms with Crippen LogP contribution in [-0.4, -0.2) is 30.4 Å². The van der Waals surface area contributed by atoms with Crippen LogP contribution in [-0.2, 0) is 4.79 Å². The average Bonchev–Trinajstić information content (AvgIpc) is 2.39. The van der Waals surface area contributed by atoms with Crippen molar-refractivity contribution in [2.75, 3.05) is 19.6 Å². The number of unbranched alkanes of at least 4 members (excludes halogenated alkanes) is 3. The molecule has 1 rings (SSSR count). The number of likely N-dealkylation sites (tertiary alicyclic amines) is 1. The molecule has 1 heterocycles. The smallest absolute Gasteiger partial charge is 0.222 e. The molecule has 1 fully saturated rings. The summed E-state index contributed by atoms with van der Waals surface area (Å²) in [6.45, 7) is 5.01. The Labute approximate surface area is 112 Å². The molecule has 1 aliphatic rings. The molecule has 0 aromatic rings. The maximum Gasteiger partial charge on any atom is 0.222 e. The van der Waals surface area contributed by atoms with Crippen molar-refractivity contribution in [1.82, 2.24) is 4.90 Å². The molecule has 0 spiro atoms. The van der Waals surface area contributed by atoms with Crippen LogP contribution in [0.4, 0.5) is 0 Å². The summed E-state index contributed by atoms with van der Waals surface area (Å²) in [4.78, 5) is 14.2. The number of rotatable bonds is 8. The molecule has 2 N–H and O–H groups in total. The summed E-state index contributed by atoms with van der Waals surface area (Å²) >= 11 is 0. The van der Waals surface area contributed by atoms with Gasteiger partial charge in [-0.05, 0) is 44.6 Å². The fourth-order valence-electron chi connectivity index (χ4n) is 2.87. The lowest BCUT2D eigenvalue weighted by Crippen LogP contribution is -2.39. The number of carbonyl (C=O) groups is 1. The van der Waals surface area contributed by atoms with E-state index in [2.05, 4.69) is 11.8 Å². The minimum absolute atomic E-state index is 0.378. The van der Waals surface area contributed by atoms with Gasteiger partial charge in [-0.25, -0.2) is 0 Å².